The van der Waals surface area contributed by atoms with E-state index in [1.807, 2.05) is 4.90 Å². The van der Waals surface area contributed by atoms with Gasteiger partial charge in [0, 0.05) is 26.2 Å². The predicted octanol–water partition coefficient (Wildman–Crippen LogP) is 1.18. The van der Waals surface area contributed by atoms with Crippen molar-refractivity contribution >= 4 is 6.03 Å². The highest BCUT2D eigenvalue weighted by molar-refractivity contribution is 5.74. The third-order valence-electron chi connectivity index (χ3n) is 2.65. The van der Waals surface area contributed by atoms with Crippen LogP contribution in [0.25, 0.3) is 0 Å². The Morgan fingerprint density at radius 1 is 1.13 bits per heavy atom. The van der Waals surface area contributed by atoms with Crippen molar-refractivity contribution < 1.29 is 4.79 Å². The van der Waals surface area contributed by atoms with E-state index in [9.17, 15) is 4.79 Å². The van der Waals surface area contributed by atoms with Crippen molar-refractivity contribution in [2.45, 2.75) is 32.6 Å². The second-order valence-electron chi connectivity index (χ2n) is 4.03. The first-order chi connectivity index (χ1) is 7.34. The fraction of sp³-hybridized carbons (Fsp3) is 0.909. The average molecular weight is 213 g/mol. The molecule has 1 aliphatic rings. The summed E-state index contributed by atoms with van der Waals surface area (Å²) in [4.78, 5) is 13.5. The third kappa shape index (κ3) is 5.02. The van der Waals surface area contributed by atoms with E-state index < -0.39 is 0 Å². The lowest BCUT2D eigenvalue weighted by Gasteiger charge is -2.26. The number of nitrogens with zero attached hydrogens (tertiary/aromatic N) is 1. The third-order valence-corrected chi connectivity index (χ3v) is 2.65. The molecule has 1 saturated heterocycles. The Morgan fingerprint density at radius 3 is 2.53 bits per heavy atom. The number of piperidine rings is 1. The Hall–Kier alpha value is -0.770. The molecule has 4 heteroatoms. The van der Waals surface area contributed by atoms with Crippen molar-refractivity contribution in [1.29, 1.82) is 0 Å². The Bertz CT molecular complexity index is 179. The minimum Gasteiger partial charge on any atom is -0.337 e. The number of likely N-dealkylation sites (tertiary alicyclic amines) is 1. The van der Waals surface area contributed by atoms with Crippen LogP contribution in [0.1, 0.15) is 32.6 Å². The fourth-order valence-electron chi connectivity index (χ4n) is 1.77. The molecular formula is C11H23N3O. The van der Waals surface area contributed by atoms with E-state index in [1.54, 1.807) is 0 Å². The number of urea groups is 1. The summed E-state index contributed by atoms with van der Waals surface area (Å²) in [5, 5.41) is 6.20. The first-order valence-electron chi connectivity index (χ1n) is 6.08. The molecular weight excluding hydrogens is 190 g/mol. The van der Waals surface area contributed by atoms with Crippen LogP contribution in [0.3, 0.4) is 0 Å². The zero-order valence-corrected chi connectivity index (χ0v) is 9.72. The molecule has 0 aromatic heterocycles. The van der Waals surface area contributed by atoms with Gasteiger partial charge in [-0.05, 0) is 32.2 Å². The summed E-state index contributed by atoms with van der Waals surface area (Å²) in [7, 11) is 0. The molecule has 0 aromatic rings. The molecule has 0 atom stereocenters. The first-order valence-corrected chi connectivity index (χ1v) is 6.08. The van der Waals surface area contributed by atoms with Crippen LogP contribution in [0.4, 0.5) is 4.79 Å². The number of nitrogens with one attached hydrogen (secondary N) is 2. The number of amides is 2. The van der Waals surface area contributed by atoms with Gasteiger partial charge < -0.3 is 15.5 Å². The number of carbonyl (C=O) groups excluding carboxylic acids is 1. The molecule has 0 radical (unpaired) electrons. The molecule has 4 nitrogen and oxygen atoms in total. The van der Waals surface area contributed by atoms with Crippen molar-refractivity contribution in [2.75, 3.05) is 32.7 Å². The van der Waals surface area contributed by atoms with E-state index in [4.69, 9.17) is 0 Å². The van der Waals surface area contributed by atoms with Gasteiger partial charge in [-0.1, -0.05) is 6.92 Å². The lowest BCUT2D eigenvalue weighted by Crippen LogP contribution is -2.44. The summed E-state index contributed by atoms with van der Waals surface area (Å²) in [6.07, 6.45) is 4.71. The van der Waals surface area contributed by atoms with Crippen LogP contribution in [0.5, 0.6) is 0 Å². The van der Waals surface area contributed by atoms with Crippen molar-refractivity contribution in [1.82, 2.24) is 15.5 Å². The highest BCUT2D eigenvalue weighted by Gasteiger charge is 2.14. The lowest BCUT2D eigenvalue weighted by molar-refractivity contribution is 0.186. The maximum absolute atomic E-state index is 11.6. The zero-order chi connectivity index (χ0) is 10.9. The van der Waals surface area contributed by atoms with Gasteiger partial charge >= 0.3 is 6.03 Å². The van der Waals surface area contributed by atoms with Gasteiger partial charge in [0.05, 0.1) is 0 Å². The van der Waals surface area contributed by atoms with E-state index in [1.165, 1.54) is 6.42 Å². The van der Waals surface area contributed by atoms with Crippen molar-refractivity contribution in [3.63, 3.8) is 0 Å². The molecule has 0 saturated carbocycles. The summed E-state index contributed by atoms with van der Waals surface area (Å²) in [5.41, 5.74) is 0. The van der Waals surface area contributed by atoms with Crippen LogP contribution in [-0.4, -0.2) is 43.7 Å². The maximum atomic E-state index is 11.6. The molecule has 2 amide bonds. The molecule has 1 fully saturated rings. The lowest BCUT2D eigenvalue weighted by atomic mass is 10.1. The Labute approximate surface area is 92.4 Å². The minimum atomic E-state index is 0.105. The smallest absolute Gasteiger partial charge is 0.317 e. The second-order valence-corrected chi connectivity index (χ2v) is 4.03. The summed E-state index contributed by atoms with van der Waals surface area (Å²) in [6.45, 7) is 6.62. The van der Waals surface area contributed by atoms with Crippen LogP contribution in [0.15, 0.2) is 0 Å². The topological polar surface area (TPSA) is 44.4 Å². The van der Waals surface area contributed by atoms with E-state index in [-0.39, 0.29) is 6.03 Å². The minimum absolute atomic E-state index is 0.105. The number of rotatable bonds is 5. The Balaban J connectivity index is 2.02. The second kappa shape index (κ2) is 7.51. The first kappa shape index (κ1) is 12.3. The molecule has 15 heavy (non-hydrogen) atoms. The van der Waals surface area contributed by atoms with Crippen LogP contribution in [0, 0.1) is 0 Å². The van der Waals surface area contributed by atoms with Gasteiger partial charge in [0.15, 0.2) is 0 Å². The van der Waals surface area contributed by atoms with Crippen LogP contribution in [0.2, 0.25) is 0 Å². The van der Waals surface area contributed by atoms with E-state index >= 15 is 0 Å². The zero-order valence-electron chi connectivity index (χ0n) is 9.72. The molecule has 0 unspecified atom stereocenters. The van der Waals surface area contributed by atoms with Crippen molar-refractivity contribution in [3.05, 3.63) is 0 Å². The normalized spacial score (nSPS) is 16.5. The summed E-state index contributed by atoms with van der Waals surface area (Å²) in [5.74, 6) is 0. The number of hydrogen-bond donors (Lipinski definition) is 2. The molecule has 1 aliphatic heterocycles. The largest absolute Gasteiger partial charge is 0.337 e. The van der Waals surface area contributed by atoms with Crippen LogP contribution < -0.4 is 10.6 Å². The number of carbonyl (C=O) groups is 1. The Morgan fingerprint density at radius 2 is 1.87 bits per heavy atom. The molecule has 0 spiro atoms. The molecule has 1 rings (SSSR count). The predicted molar refractivity (Wildman–Crippen MR) is 62.0 cm³/mol. The molecule has 88 valence electrons. The van der Waals surface area contributed by atoms with Gasteiger partial charge in [-0.15, -0.1) is 0 Å². The van der Waals surface area contributed by atoms with Crippen molar-refractivity contribution in [3.8, 4) is 0 Å². The van der Waals surface area contributed by atoms with Gasteiger partial charge in [0.25, 0.3) is 0 Å². The van der Waals surface area contributed by atoms with Gasteiger partial charge in [-0.3, -0.25) is 0 Å². The molecule has 0 bridgehead atoms. The van der Waals surface area contributed by atoms with E-state index in [2.05, 4.69) is 17.6 Å². The monoisotopic (exact) mass is 213 g/mol. The van der Waals surface area contributed by atoms with Gasteiger partial charge in [0.1, 0.15) is 0 Å². The van der Waals surface area contributed by atoms with Crippen molar-refractivity contribution in [2.24, 2.45) is 0 Å². The summed E-state index contributed by atoms with van der Waals surface area (Å²) in [6, 6.07) is 0.105. The average Bonchev–Trinajstić information content (AvgIpc) is 2.30. The summed E-state index contributed by atoms with van der Waals surface area (Å²) < 4.78 is 0. The van der Waals surface area contributed by atoms with E-state index in [0.717, 1.165) is 52.0 Å². The highest BCUT2D eigenvalue weighted by atomic mass is 16.2. The summed E-state index contributed by atoms with van der Waals surface area (Å²) >= 11 is 0. The fourth-order valence-corrected chi connectivity index (χ4v) is 1.77. The van der Waals surface area contributed by atoms with E-state index in [0.29, 0.717) is 0 Å². The molecule has 0 aliphatic carbocycles. The molecule has 2 N–H and O–H groups in total. The van der Waals surface area contributed by atoms with Gasteiger partial charge in [0.2, 0.25) is 0 Å². The van der Waals surface area contributed by atoms with Gasteiger partial charge in [-0.25, -0.2) is 4.79 Å². The number of hydrogen-bond acceptors (Lipinski definition) is 2. The van der Waals surface area contributed by atoms with Crippen LogP contribution >= 0.6 is 0 Å². The molecule has 0 aromatic carbocycles. The maximum Gasteiger partial charge on any atom is 0.317 e. The van der Waals surface area contributed by atoms with Crippen LogP contribution in [-0.2, 0) is 0 Å². The SMILES string of the molecule is CCCNCCNC(=O)N1CCCCC1. The standard InChI is InChI=1S/C11H23N3O/c1-2-6-12-7-8-13-11(15)14-9-4-3-5-10-14/h12H,2-10H2,1H3,(H,13,15). The van der Waals surface area contributed by atoms with Gasteiger partial charge in [-0.2, -0.15) is 0 Å². The highest BCUT2D eigenvalue weighted by Crippen LogP contribution is 2.07. The Kier molecular flexibility index (Phi) is 6.16. The molecule has 1 heterocycles. The quantitative estimate of drug-likeness (QED) is 0.674.